The van der Waals surface area contributed by atoms with Gasteiger partial charge in [-0.3, -0.25) is 4.79 Å². The summed E-state index contributed by atoms with van der Waals surface area (Å²) in [5.41, 5.74) is 2.59. The summed E-state index contributed by atoms with van der Waals surface area (Å²) in [7, 11) is 0. The largest absolute Gasteiger partial charge is 0.384 e. The molecule has 2 aromatic rings. The van der Waals surface area contributed by atoms with Crippen molar-refractivity contribution in [2.45, 2.75) is 26.7 Å². The number of hydrogen-bond acceptors (Lipinski definition) is 2. The van der Waals surface area contributed by atoms with E-state index in [1.54, 1.807) is 23.1 Å². The van der Waals surface area contributed by atoms with Gasteiger partial charge in [-0.2, -0.15) is 0 Å². The predicted molar refractivity (Wildman–Crippen MR) is 107 cm³/mol. The number of halogens is 3. The number of anilines is 1. The van der Waals surface area contributed by atoms with E-state index in [9.17, 15) is 9.18 Å². The van der Waals surface area contributed by atoms with Crippen molar-refractivity contribution in [1.82, 2.24) is 4.90 Å². The van der Waals surface area contributed by atoms with Gasteiger partial charge in [0.1, 0.15) is 5.82 Å². The third-order valence-corrected chi connectivity index (χ3v) is 5.10. The zero-order chi connectivity index (χ0) is 19.1. The SMILES string of the molecule is CCN(CC)C(=O)CCNc1ccc(Cl)c(Cl)c1Cc1ccc(F)cc1. The van der Waals surface area contributed by atoms with Crippen molar-refractivity contribution in [1.29, 1.82) is 0 Å². The van der Waals surface area contributed by atoms with Crippen LogP contribution in [0.3, 0.4) is 0 Å². The van der Waals surface area contributed by atoms with Crippen LogP contribution < -0.4 is 5.32 Å². The number of amides is 1. The molecule has 140 valence electrons. The van der Waals surface area contributed by atoms with Crippen LogP contribution in [0.25, 0.3) is 0 Å². The van der Waals surface area contributed by atoms with Gasteiger partial charge < -0.3 is 10.2 Å². The fourth-order valence-corrected chi connectivity index (χ4v) is 3.18. The summed E-state index contributed by atoms with van der Waals surface area (Å²) < 4.78 is 13.1. The molecule has 1 amide bonds. The number of hydrogen-bond donors (Lipinski definition) is 1. The summed E-state index contributed by atoms with van der Waals surface area (Å²) in [4.78, 5) is 13.9. The molecule has 0 spiro atoms. The van der Waals surface area contributed by atoms with E-state index < -0.39 is 0 Å². The highest BCUT2D eigenvalue weighted by Gasteiger charge is 2.13. The first kappa shape index (κ1) is 20.5. The smallest absolute Gasteiger partial charge is 0.224 e. The van der Waals surface area contributed by atoms with Gasteiger partial charge in [-0.1, -0.05) is 35.3 Å². The van der Waals surface area contributed by atoms with E-state index in [1.807, 2.05) is 19.9 Å². The predicted octanol–water partition coefficient (Wildman–Crippen LogP) is 5.39. The fourth-order valence-electron chi connectivity index (χ4n) is 2.78. The van der Waals surface area contributed by atoms with Crippen LogP contribution in [0, 0.1) is 5.82 Å². The van der Waals surface area contributed by atoms with Crippen molar-refractivity contribution in [3.8, 4) is 0 Å². The third-order valence-electron chi connectivity index (χ3n) is 4.26. The number of carbonyl (C=O) groups is 1. The van der Waals surface area contributed by atoms with Crippen molar-refractivity contribution in [2.24, 2.45) is 0 Å². The summed E-state index contributed by atoms with van der Waals surface area (Å²) in [6, 6.07) is 9.87. The highest BCUT2D eigenvalue weighted by Crippen LogP contribution is 2.33. The summed E-state index contributed by atoms with van der Waals surface area (Å²) in [6.07, 6.45) is 0.921. The first-order chi connectivity index (χ1) is 12.5. The highest BCUT2D eigenvalue weighted by molar-refractivity contribution is 6.42. The number of carbonyl (C=O) groups excluding carboxylic acids is 1. The number of nitrogens with one attached hydrogen (secondary N) is 1. The quantitative estimate of drug-likeness (QED) is 0.648. The van der Waals surface area contributed by atoms with Crippen LogP contribution in [-0.2, 0) is 11.2 Å². The fraction of sp³-hybridized carbons (Fsp3) is 0.350. The lowest BCUT2D eigenvalue weighted by atomic mass is 10.0. The molecule has 0 unspecified atom stereocenters. The molecule has 0 saturated heterocycles. The maximum absolute atomic E-state index is 13.1. The van der Waals surface area contributed by atoms with Gasteiger partial charge in [-0.05, 0) is 49.2 Å². The van der Waals surface area contributed by atoms with Gasteiger partial charge in [0, 0.05) is 38.2 Å². The van der Waals surface area contributed by atoms with Crippen molar-refractivity contribution in [2.75, 3.05) is 25.0 Å². The Labute approximate surface area is 164 Å². The Morgan fingerprint density at radius 2 is 1.73 bits per heavy atom. The molecule has 0 aromatic heterocycles. The van der Waals surface area contributed by atoms with Crippen molar-refractivity contribution in [3.05, 3.63) is 63.4 Å². The Kier molecular flexibility index (Phi) is 7.73. The zero-order valence-corrected chi connectivity index (χ0v) is 16.5. The molecular weight excluding hydrogens is 374 g/mol. The normalized spacial score (nSPS) is 10.7. The maximum atomic E-state index is 13.1. The molecule has 2 rings (SSSR count). The minimum Gasteiger partial charge on any atom is -0.384 e. The molecule has 0 saturated carbocycles. The Morgan fingerprint density at radius 3 is 2.35 bits per heavy atom. The summed E-state index contributed by atoms with van der Waals surface area (Å²) >= 11 is 12.6. The first-order valence-corrected chi connectivity index (χ1v) is 9.44. The molecule has 0 bridgehead atoms. The minimum absolute atomic E-state index is 0.114. The lowest BCUT2D eigenvalue weighted by Crippen LogP contribution is -2.31. The lowest BCUT2D eigenvalue weighted by Gasteiger charge is -2.19. The number of rotatable bonds is 8. The van der Waals surface area contributed by atoms with Gasteiger partial charge in [-0.15, -0.1) is 0 Å². The molecule has 3 nitrogen and oxygen atoms in total. The second-order valence-corrected chi connectivity index (χ2v) is 6.72. The molecular formula is C20H23Cl2FN2O. The summed E-state index contributed by atoms with van der Waals surface area (Å²) in [6.45, 7) is 5.85. The molecule has 6 heteroatoms. The molecule has 0 fully saturated rings. The van der Waals surface area contributed by atoms with E-state index in [2.05, 4.69) is 5.32 Å². The second-order valence-electron chi connectivity index (χ2n) is 5.93. The van der Waals surface area contributed by atoms with E-state index in [0.29, 0.717) is 42.5 Å². The van der Waals surface area contributed by atoms with Crippen LogP contribution in [0.4, 0.5) is 10.1 Å². The summed E-state index contributed by atoms with van der Waals surface area (Å²) in [5.74, 6) is -0.165. The maximum Gasteiger partial charge on any atom is 0.224 e. The summed E-state index contributed by atoms with van der Waals surface area (Å²) in [5, 5.41) is 4.22. The van der Waals surface area contributed by atoms with E-state index >= 15 is 0 Å². The Balaban J connectivity index is 2.12. The van der Waals surface area contributed by atoms with Gasteiger partial charge in [0.25, 0.3) is 0 Å². The zero-order valence-electron chi connectivity index (χ0n) is 15.0. The topological polar surface area (TPSA) is 32.3 Å². The van der Waals surface area contributed by atoms with Gasteiger partial charge in [0.15, 0.2) is 0 Å². The monoisotopic (exact) mass is 396 g/mol. The minimum atomic E-state index is -0.279. The van der Waals surface area contributed by atoms with E-state index in [-0.39, 0.29) is 11.7 Å². The van der Waals surface area contributed by atoms with Crippen molar-refractivity contribution < 1.29 is 9.18 Å². The second kappa shape index (κ2) is 9.79. The molecule has 0 radical (unpaired) electrons. The average Bonchev–Trinajstić information content (AvgIpc) is 2.63. The Morgan fingerprint density at radius 1 is 1.08 bits per heavy atom. The van der Waals surface area contributed by atoms with Crippen LogP contribution in [0.1, 0.15) is 31.4 Å². The van der Waals surface area contributed by atoms with E-state index in [1.165, 1.54) is 12.1 Å². The standard InChI is InChI=1S/C20H23Cl2FN2O/c1-3-25(4-2)19(26)11-12-24-18-10-9-17(21)20(22)16(18)13-14-5-7-15(23)8-6-14/h5-10,24H,3-4,11-13H2,1-2H3. The van der Waals surface area contributed by atoms with Gasteiger partial charge in [0.05, 0.1) is 10.0 Å². The first-order valence-electron chi connectivity index (χ1n) is 8.69. The molecule has 1 N–H and O–H groups in total. The third kappa shape index (κ3) is 5.36. The molecule has 0 aliphatic carbocycles. The molecule has 0 heterocycles. The van der Waals surface area contributed by atoms with Crippen LogP contribution in [0.15, 0.2) is 36.4 Å². The van der Waals surface area contributed by atoms with Crippen LogP contribution >= 0.6 is 23.2 Å². The van der Waals surface area contributed by atoms with Gasteiger partial charge in [0.2, 0.25) is 5.91 Å². The van der Waals surface area contributed by atoms with E-state index in [0.717, 1.165) is 16.8 Å². The van der Waals surface area contributed by atoms with E-state index in [4.69, 9.17) is 23.2 Å². The number of benzene rings is 2. The molecule has 0 atom stereocenters. The molecule has 26 heavy (non-hydrogen) atoms. The Bertz CT molecular complexity index is 746. The van der Waals surface area contributed by atoms with Crippen LogP contribution in [-0.4, -0.2) is 30.4 Å². The van der Waals surface area contributed by atoms with Gasteiger partial charge in [-0.25, -0.2) is 4.39 Å². The Hall–Kier alpha value is -1.78. The average molecular weight is 397 g/mol. The molecule has 2 aromatic carbocycles. The lowest BCUT2D eigenvalue weighted by molar-refractivity contribution is -0.130. The van der Waals surface area contributed by atoms with Crippen LogP contribution in [0.5, 0.6) is 0 Å². The van der Waals surface area contributed by atoms with Crippen molar-refractivity contribution in [3.63, 3.8) is 0 Å². The van der Waals surface area contributed by atoms with Gasteiger partial charge >= 0.3 is 0 Å². The molecule has 0 aliphatic rings. The highest BCUT2D eigenvalue weighted by atomic mass is 35.5. The van der Waals surface area contributed by atoms with Crippen molar-refractivity contribution >= 4 is 34.8 Å². The number of nitrogens with zero attached hydrogens (tertiary/aromatic N) is 1. The van der Waals surface area contributed by atoms with Crippen LogP contribution in [0.2, 0.25) is 10.0 Å². The molecule has 0 aliphatic heterocycles.